The van der Waals surface area contributed by atoms with Crippen molar-refractivity contribution in [1.82, 2.24) is 4.98 Å². The summed E-state index contributed by atoms with van der Waals surface area (Å²) in [6, 6.07) is 9.41. The molecule has 116 valence electrons. The van der Waals surface area contributed by atoms with Crippen molar-refractivity contribution in [2.75, 3.05) is 23.3 Å². The molecule has 0 aliphatic rings. The predicted octanol–water partition coefficient (Wildman–Crippen LogP) is 4.25. The first-order valence-electron chi connectivity index (χ1n) is 7.33. The number of benzene rings is 1. The predicted molar refractivity (Wildman–Crippen MR) is 94.6 cm³/mol. The van der Waals surface area contributed by atoms with Crippen molar-refractivity contribution >= 4 is 33.3 Å². The summed E-state index contributed by atoms with van der Waals surface area (Å²) in [5, 5.41) is 2.89. The SMILES string of the molecule is CCN(CC)c1ccc(C(=O)Nc2ccc(Br)c(C)c2)cn1. The Balaban J connectivity index is 2.11. The van der Waals surface area contributed by atoms with Gasteiger partial charge in [-0.15, -0.1) is 0 Å². The molecule has 0 aliphatic carbocycles. The smallest absolute Gasteiger partial charge is 0.257 e. The molecule has 5 heteroatoms. The zero-order valence-corrected chi connectivity index (χ0v) is 14.6. The number of nitrogens with one attached hydrogen (secondary N) is 1. The summed E-state index contributed by atoms with van der Waals surface area (Å²) >= 11 is 3.45. The molecule has 1 heterocycles. The third kappa shape index (κ3) is 3.85. The molecule has 0 saturated carbocycles. The fourth-order valence-electron chi connectivity index (χ4n) is 2.18. The van der Waals surface area contributed by atoms with Gasteiger partial charge in [0.15, 0.2) is 0 Å². The van der Waals surface area contributed by atoms with E-state index in [9.17, 15) is 4.79 Å². The van der Waals surface area contributed by atoms with Crippen LogP contribution in [0.1, 0.15) is 29.8 Å². The highest BCUT2D eigenvalue weighted by Crippen LogP contribution is 2.20. The Bertz CT molecular complexity index is 651. The van der Waals surface area contributed by atoms with Gasteiger partial charge < -0.3 is 10.2 Å². The molecule has 1 amide bonds. The minimum Gasteiger partial charge on any atom is -0.357 e. The van der Waals surface area contributed by atoms with Crippen LogP contribution in [0, 0.1) is 6.92 Å². The van der Waals surface area contributed by atoms with Crippen molar-refractivity contribution in [2.24, 2.45) is 0 Å². The summed E-state index contributed by atoms with van der Waals surface area (Å²) in [7, 11) is 0. The lowest BCUT2D eigenvalue weighted by Crippen LogP contribution is -2.23. The van der Waals surface area contributed by atoms with Gasteiger partial charge in [-0.05, 0) is 56.7 Å². The molecule has 0 radical (unpaired) electrons. The Morgan fingerprint density at radius 3 is 2.50 bits per heavy atom. The standard InChI is InChI=1S/C17H20BrN3O/c1-4-21(5-2)16-9-6-13(11-19-16)17(22)20-14-7-8-15(18)12(3)10-14/h6-11H,4-5H2,1-3H3,(H,20,22). The van der Waals surface area contributed by atoms with E-state index in [1.807, 2.05) is 37.3 Å². The van der Waals surface area contributed by atoms with Crippen LogP contribution >= 0.6 is 15.9 Å². The molecule has 1 aromatic carbocycles. The number of halogens is 1. The fourth-order valence-corrected chi connectivity index (χ4v) is 2.43. The highest BCUT2D eigenvalue weighted by atomic mass is 79.9. The van der Waals surface area contributed by atoms with E-state index in [1.54, 1.807) is 6.20 Å². The summed E-state index contributed by atoms with van der Waals surface area (Å²) in [5.74, 6) is 0.737. The van der Waals surface area contributed by atoms with Crippen LogP contribution in [0.4, 0.5) is 11.5 Å². The Morgan fingerprint density at radius 1 is 1.23 bits per heavy atom. The highest BCUT2D eigenvalue weighted by Gasteiger charge is 2.09. The molecule has 4 nitrogen and oxygen atoms in total. The third-order valence-corrected chi connectivity index (χ3v) is 4.40. The van der Waals surface area contributed by atoms with Crippen LogP contribution in [0.2, 0.25) is 0 Å². The summed E-state index contributed by atoms with van der Waals surface area (Å²) < 4.78 is 1.02. The first-order chi connectivity index (χ1) is 10.5. The molecular formula is C17H20BrN3O. The number of carbonyl (C=O) groups excluding carboxylic acids is 1. The molecule has 1 aromatic heterocycles. The maximum absolute atomic E-state index is 12.3. The summed E-state index contributed by atoms with van der Waals surface area (Å²) in [6.07, 6.45) is 1.62. The van der Waals surface area contributed by atoms with Crippen molar-refractivity contribution in [1.29, 1.82) is 0 Å². The van der Waals surface area contributed by atoms with Crippen LogP contribution in [-0.2, 0) is 0 Å². The summed E-state index contributed by atoms with van der Waals surface area (Å²) in [5.41, 5.74) is 2.41. The monoisotopic (exact) mass is 361 g/mol. The number of rotatable bonds is 5. The molecule has 0 unspecified atom stereocenters. The van der Waals surface area contributed by atoms with E-state index in [4.69, 9.17) is 0 Å². The zero-order valence-electron chi connectivity index (χ0n) is 13.1. The number of aromatic nitrogens is 1. The normalized spacial score (nSPS) is 10.4. The molecule has 0 fully saturated rings. The van der Waals surface area contributed by atoms with Gasteiger partial charge in [-0.3, -0.25) is 4.79 Å². The molecule has 1 N–H and O–H groups in total. The Kier molecular flexibility index (Phi) is 5.55. The van der Waals surface area contributed by atoms with E-state index in [2.05, 4.69) is 45.0 Å². The lowest BCUT2D eigenvalue weighted by molar-refractivity contribution is 0.102. The molecule has 22 heavy (non-hydrogen) atoms. The van der Waals surface area contributed by atoms with Crippen LogP contribution < -0.4 is 10.2 Å². The molecular weight excluding hydrogens is 342 g/mol. The second-order valence-electron chi connectivity index (χ2n) is 5.00. The second-order valence-corrected chi connectivity index (χ2v) is 5.85. The van der Waals surface area contributed by atoms with E-state index in [0.29, 0.717) is 5.56 Å². The maximum atomic E-state index is 12.3. The quantitative estimate of drug-likeness (QED) is 0.865. The van der Waals surface area contributed by atoms with Gasteiger partial charge in [0, 0.05) is 29.4 Å². The number of amides is 1. The number of nitrogens with zero attached hydrogens (tertiary/aromatic N) is 2. The minimum atomic E-state index is -0.152. The van der Waals surface area contributed by atoms with Crippen LogP contribution in [0.5, 0.6) is 0 Å². The number of hydrogen-bond donors (Lipinski definition) is 1. The van der Waals surface area contributed by atoms with Crippen molar-refractivity contribution in [2.45, 2.75) is 20.8 Å². The Hall–Kier alpha value is -1.88. The largest absolute Gasteiger partial charge is 0.357 e. The van der Waals surface area contributed by atoms with Crippen LogP contribution in [0.25, 0.3) is 0 Å². The highest BCUT2D eigenvalue weighted by molar-refractivity contribution is 9.10. The topological polar surface area (TPSA) is 45.2 Å². The van der Waals surface area contributed by atoms with E-state index in [-0.39, 0.29) is 5.91 Å². The Morgan fingerprint density at radius 2 is 1.95 bits per heavy atom. The molecule has 0 spiro atoms. The molecule has 0 atom stereocenters. The molecule has 0 saturated heterocycles. The van der Waals surface area contributed by atoms with Gasteiger partial charge in [-0.1, -0.05) is 15.9 Å². The Labute approximate surface area is 139 Å². The van der Waals surface area contributed by atoms with Gasteiger partial charge in [-0.25, -0.2) is 4.98 Å². The minimum absolute atomic E-state index is 0.152. The number of hydrogen-bond acceptors (Lipinski definition) is 3. The van der Waals surface area contributed by atoms with Crippen molar-refractivity contribution in [3.05, 3.63) is 52.1 Å². The molecule has 2 rings (SSSR count). The van der Waals surface area contributed by atoms with E-state index >= 15 is 0 Å². The van der Waals surface area contributed by atoms with Gasteiger partial charge in [0.25, 0.3) is 5.91 Å². The van der Waals surface area contributed by atoms with Gasteiger partial charge in [0.1, 0.15) is 5.82 Å². The number of pyridine rings is 1. The first kappa shape index (κ1) is 16.5. The number of anilines is 2. The van der Waals surface area contributed by atoms with Gasteiger partial charge >= 0.3 is 0 Å². The lowest BCUT2D eigenvalue weighted by atomic mass is 10.2. The van der Waals surface area contributed by atoms with E-state index < -0.39 is 0 Å². The first-order valence-corrected chi connectivity index (χ1v) is 8.13. The van der Waals surface area contributed by atoms with E-state index in [1.165, 1.54) is 0 Å². The summed E-state index contributed by atoms with van der Waals surface area (Å²) in [4.78, 5) is 18.8. The molecule has 2 aromatic rings. The van der Waals surface area contributed by atoms with Gasteiger partial charge in [0.2, 0.25) is 0 Å². The lowest BCUT2D eigenvalue weighted by Gasteiger charge is -2.19. The zero-order chi connectivity index (χ0) is 16.1. The molecule has 0 bridgehead atoms. The average molecular weight is 362 g/mol. The van der Waals surface area contributed by atoms with Crippen LogP contribution in [-0.4, -0.2) is 24.0 Å². The van der Waals surface area contributed by atoms with Crippen molar-refractivity contribution in [3.8, 4) is 0 Å². The fraction of sp³-hybridized carbons (Fsp3) is 0.294. The average Bonchev–Trinajstić information content (AvgIpc) is 2.53. The van der Waals surface area contributed by atoms with Gasteiger partial charge in [0.05, 0.1) is 5.56 Å². The van der Waals surface area contributed by atoms with Crippen LogP contribution in [0.15, 0.2) is 41.0 Å². The second kappa shape index (κ2) is 7.40. The van der Waals surface area contributed by atoms with Gasteiger partial charge in [-0.2, -0.15) is 0 Å². The summed E-state index contributed by atoms with van der Waals surface area (Å²) in [6.45, 7) is 7.95. The molecule has 0 aliphatic heterocycles. The third-order valence-electron chi connectivity index (χ3n) is 3.51. The van der Waals surface area contributed by atoms with Crippen molar-refractivity contribution in [3.63, 3.8) is 0 Å². The van der Waals surface area contributed by atoms with Crippen LogP contribution in [0.3, 0.4) is 0 Å². The number of aryl methyl sites for hydroxylation is 1. The van der Waals surface area contributed by atoms with Crippen molar-refractivity contribution < 1.29 is 4.79 Å². The van der Waals surface area contributed by atoms with E-state index in [0.717, 1.165) is 34.6 Å². The number of carbonyl (C=O) groups is 1. The maximum Gasteiger partial charge on any atom is 0.257 e.